The molecule has 1 fully saturated rings. The van der Waals surface area contributed by atoms with E-state index in [0.29, 0.717) is 12.5 Å². The zero-order valence-corrected chi connectivity index (χ0v) is 9.68. The molecule has 0 atom stereocenters. The second kappa shape index (κ2) is 4.47. The molecule has 16 heavy (non-hydrogen) atoms. The predicted molar refractivity (Wildman–Crippen MR) is 61.2 cm³/mol. The molecule has 0 N–H and O–H groups in total. The number of nitrogens with zero attached hydrogens (tertiary/aromatic N) is 4. The minimum atomic E-state index is 0.152. The largest absolute Gasteiger partial charge is 0.340 e. The van der Waals surface area contributed by atoms with E-state index in [1.54, 1.807) is 6.20 Å². The molecule has 0 aromatic carbocycles. The summed E-state index contributed by atoms with van der Waals surface area (Å²) >= 11 is 0. The minimum Gasteiger partial charge on any atom is -0.340 e. The number of hydrogen-bond acceptors (Lipinski definition) is 4. The van der Waals surface area contributed by atoms with Gasteiger partial charge in [-0.25, -0.2) is 9.97 Å². The topological polar surface area (TPSA) is 49.3 Å². The van der Waals surface area contributed by atoms with E-state index in [9.17, 15) is 4.79 Å². The highest BCUT2D eigenvalue weighted by molar-refractivity contribution is 5.82. The van der Waals surface area contributed by atoms with Crippen LogP contribution in [0.3, 0.4) is 0 Å². The summed E-state index contributed by atoms with van der Waals surface area (Å²) in [5.41, 5.74) is 0.926. The van der Waals surface area contributed by atoms with Crippen LogP contribution in [0, 0.1) is 6.92 Å². The molecule has 5 heteroatoms. The molecule has 1 saturated heterocycles. The maximum Gasteiger partial charge on any atom is 0.242 e. The van der Waals surface area contributed by atoms with Gasteiger partial charge in [-0.2, -0.15) is 0 Å². The number of aryl methyl sites for hydroxylation is 1. The molecular formula is C11H16N4O. The van der Waals surface area contributed by atoms with E-state index < -0.39 is 0 Å². The molecule has 2 rings (SSSR count). The van der Waals surface area contributed by atoms with Crippen LogP contribution in [0.2, 0.25) is 0 Å². The Kier molecular flexibility index (Phi) is 3.03. The van der Waals surface area contributed by atoms with Gasteiger partial charge < -0.3 is 9.80 Å². The minimum absolute atomic E-state index is 0.152. The number of carbonyl (C=O) groups is 1. The standard InChI is InChI=1S/C11H16N4O/c1-3-14-6-7-15(8-10(14)16)11-12-5-4-9(2)13-11/h4-5H,3,6-8H2,1-2H3. The number of amides is 1. The van der Waals surface area contributed by atoms with Gasteiger partial charge in [0.15, 0.2) is 0 Å². The van der Waals surface area contributed by atoms with E-state index in [4.69, 9.17) is 0 Å². The third kappa shape index (κ3) is 2.13. The first kappa shape index (κ1) is 10.9. The Morgan fingerprint density at radius 3 is 2.88 bits per heavy atom. The zero-order chi connectivity index (χ0) is 11.5. The number of carbonyl (C=O) groups excluding carboxylic acids is 1. The fraction of sp³-hybridized carbons (Fsp3) is 0.545. The molecule has 0 spiro atoms. The SMILES string of the molecule is CCN1CCN(c2nccc(C)n2)CC1=O. The van der Waals surface area contributed by atoms with Gasteiger partial charge in [0.25, 0.3) is 0 Å². The van der Waals surface area contributed by atoms with E-state index in [0.717, 1.165) is 25.3 Å². The Balaban J connectivity index is 2.10. The maximum atomic E-state index is 11.7. The second-order valence-corrected chi connectivity index (χ2v) is 3.89. The molecule has 5 nitrogen and oxygen atoms in total. The number of hydrogen-bond donors (Lipinski definition) is 0. The summed E-state index contributed by atoms with van der Waals surface area (Å²) in [6.07, 6.45) is 1.73. The number of aromatic nitrogens is 2. The van der Waals surface area contributed by atoms with E-state index in [-0.39, 0.29) is 5.91 Å². The van der Waals surface area contributed by atoms with Gasteiger partial charge in [-0.15, -0.1) is 0 Å². The van der Waals surface area contributed by atoms with Gasteiger partial charge >= 0.3 is 0 Å². The summed E-state index contributed by atoms with van der Waals surface area (Å²) in [5, 5.41) is 0. The van der Waals surface area contributed by atoms with Crippen LogP contribution in [0.4, 0.5) is 5.95 Å². The molecule has 0 radical (unpaired) electrons. The quantitative estimate of drug-likeness (QED) is 0.726. The molecule has 2 heterocycles. The summed E-state index contributed by atoms with van der Waals surface area (Å²) < 4.78 is 0. The second-order valence-electron chi connectivity index (χ2n) is 3.89. The Morgan fingerprint density at radius 1 is 1.44 bits per heavy atom. The van der Waals surface area contributed by atoms with Gasteiger partial charge in [0.2, 0.25) is 11.9 Å². The van der Waals surface area contributed by atoms with E-state index in [2.05, 4.69) is 9.97 Å². The van der Waals surface area contributed by atoms with Crippen molar-refractivity contribution in [3.05, 3.63) is 18.0 Å². The van der Waals surface area contributed by atoms with Crippen LogP contribution in [-0.4, -0.2) is 47.0 Å². The van der Waals surface area contributed by atoms with Crippen LogP contribution < -0.4 is 4.90 Å². The summed E-state index contributed by atoms with van der Waals surface area (Å²) in [7, 11) is 0. The highest BCUT2D eigenvalue weighted by Gasteiger charge is 2.24. The molecule has 1 amide bonds. The van der Waals surface area contributed by atoms with Crippen molar-refractivity contribution < 1.29 is 4.79 Å². The molecule has 1 aliphatic rings. The van der Waals surface area contributed by atoms with Crippen molar-refractivity contribution in [2.24, 2.45) is 0 Å². The van der Waals surface area contributed by atoms with Gasteiger partial charge in [0, 0.05) is 31.5 Å². The van der Waals surface area contributed by atoms with Crippen LogP contribution in [-0.2, 0) is 4.79 Å². The summed E-state index contributed by atoms with van der Waals surface area (Å²) in [6.45, 7) is 6.65. The van der Waals surface area contributed by atoms with Gasteiger partial charge in [-0.3, -0.25) is 4.79 Å². The molecule has 0 bridgehead atoms. The molecule has 86 valence electrons. The van der Waals surface area contributed by atoms with Crippen molar-refractivity contribution in [3.63, 3.8) is 0 Å². The monoisotopic (exact) mass is 220 g/mol. The Morgan fingerprint density at radius 2 is 2.25 bits per heavy atom. The number of likely N-dealkylation sites (N-methyl/N-ethyl adjacent to an activating group) is 1. The highest BCUT2D eigenvalue weighted by Crippen LogP contribution is 2.11. The normalized spacial score (nSPS) is 16.8. The molecule has 1 aliphatic heterocycles. The zero-order valence-electron chi connectivity index (χ0n) is 9.68. The van der Waals surface area contributed by atoms with E-state index in [1.807, 2.05) is 29.7 Å². The van der Waals surface area contributed by atoms with Crippen LogP contribution in [0.25, 0.3) is 0 Å². The average Bonchev–Trinajstić information content (AvgIpc) is 2.29. The first-order valence-corrected chi connectivity index (χ1v) is 5.53. The van der Waals surface area contributed by atoms with Gasteiger partial charge in [0.05, 0.1) is 6.54 Å². The van der Waals surface area contributed by atoms with Crippen LogP contribution in [0.5, 0.6) is 0 Å². The van der Waals surface area contributed by atoms with E-state index in [1.165, 1.54) is 0 Å². The van der Waals surface area contributed by atoms with Gasteiger partial charge in [-0.1, -0.05) is 0 Å². The fourth-order valence-corrected chi connectivity index (χ4v) is 1.80. The molecule has 0 saturated carbocycles. The lowest BCUT2D eigenvalue weighted by molar-refractivity contribution is -0.130. The lowest BCUT2D eigenvalue weighted by Gasteiger charge is -2.33. The summed E-state index contributed by atoms with van der Waals surface area (Å²) in [6, 6.07) is 1.85. The van der Waals surface area contributed by atoms with Crippen molar-refractivity contribution in [2.75, 3.05) is 31.1 Å². The molecule has 0 unspecified atom stereocenters. The van der Waals surface area contributed by atoms with Crippen LogP contribution >= 0.6 is 0 Å². The van der Waals surface area contributed by atoms with Crippen molar-refractivity contribution in [2.45, 2.75) is 13.8 Å². The predicted octanol–water partition coefficient (Wildman–Crippen LogP) is 0.454. The molecule has 0 aliphatic carbocycles. The number of rotatable bonds is 2. The van der Waals surface area contributed by atoms with Gasteiger partial charge in [0.1, 0.15) is 0 Å². The Hall–Kier alpha value is -1.65. The van der Waals surface area contributed by atoms with Crippen molar-refractivity contribution >= 4 is 11.9 Å². The maximum absolute atomic E-state index is 11.7. The average molecular weight is 220 g/mol. The smallest absolute Gasteiger partial charge is 0.242 e. The van der Waals surface area contributed by atoms with E-state index >= 15 is 0 Å². The first-order valence-electron chi connectivity index (χ1n) is 5.53. The third-order valence-corrected chi connectivity index (χ3v) is 2.77. The summed E-state index contributed by atoms with van der Waals surface area (Å²) in [4.78, 5) is 24.0. The molecule has 1 aromatic rings. The molecule has 1 aromatic heterocycles. The Labute approximate surface area is 95.1 Å². The molecular weight excluding hydrogens is 204 g/mol. The number of piperazine rings is 1. The lowest BCUT2D eigenvalue weighted by Crippen LogP contribution is -2.50. The Bertz CT molecular complexity index is 393. The van der Waals surface area contributed by atoms with Crippen molar-refractivity contribution in [1.29, 1.82) is 0 Å². The lowest BCUT2D eigenvalue weighted by atomic mass is 10.3. The number of anilines is 1. The third-order valence-electron chi connectivity index (χ3n) is 2.77. The highest BCUT2D eigenvalue weighted by atomic mass is 16.2. The van der Waals surface area contributed by atoms with Crippen molar-refractivity contribution in [3.8, 4) is 0 Å². The first-order chi connectivity index (χ1) is 7.70. The van der Waals surface area contributed by atoms with Crippen molar-refractivity contribution in [1.82, 2.24) is 14.9 Å². The summed E-state index contributed by atoms with van der Waals surface area (Å²) in [5.74, 6) is 0.808. The fourth-order valence-electron chi connectivity index (χ4n) is 1.80. The van der Waals surface area contributed by atoms with Crippen LogP contribution in [0.1, 0.15) is 12.6 Å². The van der Waals surface area contributed by atoms with Crippen LogP contribution in [0.15, 0.2) is 12.3 Å². The van der Waals surface area contributed by atoms with Gasteiger partial charge in [-0.05, 0) is 19.9 Å².